The van der Waals surface area contributed by atoms with Crippen LogP contribution in [0.3, 0.4) is 0 Å². The molecule has 2 amide bonds. The summed E-state index contributed by atoms with van der Waals surface area (Å²) >= 11 is 1.59. The van der Waals surface area contributed by atoms with Crippen LogP contribution in [-0.4, -0.2) is 44.1 Å². The number of hydrogen-bond acceptors (Lipinski definition) is 5. The number of thioether (sulfide) groups is 1. The number of amidine groups is 1. The molecule has 1 saturated heterocycles. The van der Waals surface area contributed by atoms with Crippen molar-refractivity contribution in [2.24, 2.45) is 4.99 Å². The molecule has 4 aromatic rings. The van der Waals surface area contributed by atoms with Gasteiger partial charge in [-0.3, -0.25) is 0 Å². The number of anilines is 1. The molecule has 0 aliphatic carbocycles. The molecule has 1 N–H and O–H groups in total. The van der Waals surface area contributed by atoms with Crippen LogP contribution in [0.4, 0.5) is 23.7 Å². The number of aryl methyl sites for hydroxylation is 1. The highest BCUT2D eigenvalue weighted by atomic mass is 32.2. The summed E-state index contributed by atoms with van der Waals surface area (Å²) in [5, 5.41) is 8.01. The number of halogens is 3. The number of carbonyl (C=O) groups excluding carboxylic acids is 1. The highest BCUT2D eigenvalue weighted by molar-refractivity contribution is 8.14. The summed E-state index contributed by atoms with van der Waals surface area (Å²) in [7, 11) is 0. The summed E-state index contributed by atoms with van der Waals surface area (Å²) in [6.07, 6.45) is -1.37. The summed E-state index contributed by atoms with van der Waals surface area (Å²) in [5.41, 5.74) is 4.47. The summed E-state index contributed by atoms with van der Waals surface area (Å²) in [6.45, 7) is 4.58. The zero-order valence-corrected chi connectivity index (χ0v) is 23.8. The van der Waals surface area contributed by atoms with E-state index in [0.29, 0.717) is 23.2 Å². The fraction of sp³-hybridized carbons (Fsp3) is 0.267. The van der Waals surface area contributed by atoms with Crippen molar-refractivity contribution in [3.63, 3.8) is 0 Å². The lowest BCUT2D eigenvalue weighted by atomic mass is 10.1. The van der Waals surface area contributed by atoms with Gasteiger partial charge >= 0.3 is 12.4 Å². The zero-order valence-electron chi connectivity index (χ0n) is 23.0. The number of benzene rings is 3. The van der Waals surface area contributed by atoms with Gasteiger partial charge in [-0.1, -0.05) is 61.2 Å². The number of aromatic nitrogens is 3. The van der Waals surface area contributed by atoms with Crippen LogP contribution in [0.2, 0.25) is 0 Å². The molecule has 8 nitrogen and oxygen atoms in total. The van der Waals surface area contributed by atoms with Crippen LogP contribution in [0.25, 0.3) is 17.1 Å². The molecule has 3 aromatic carbocycles. The molecule has 0 spiro atoms. The lowest BCUT2D eigenvalue weighted by Crippen LogP contribution is -2.42. The third-order valence-electron chi connectivity index (χ3n) is 6.73. The van der Waals surface area contributed by atoms with Crippen molar-refractivity contribution in [2.45, 2.75) is 45.6 Å². The Morgan fingerprint density at radius 3 is 2.55 bits per heavy atom. The summed E-state index contributed by atoms with van der Waals surface area (Å²) in [6, 6.07) is 20.8. The molecular formula is C30H29F3N6O2S. The molecule has 2 heterocycles. The number of aliphatic imine (C=N–C) groups is 1. The van der Waals surface area contributed by atoms with Gasteiger partial charge in [0, 0.05) is 29.6 Å². The van der Waals surface area contributed by atoms with Gasteiger partial charge in [-0.2, -0.15) is 4.99 Å². The molecule has 5 rings (SSSR count). The van der Waals surface area contributed by atoms with Gasteiger partial charge in [-0.15, -0.1) is 18.3 Å². The predicted molar refractivity (Wildman–Crippen MR) is 158 cm³/mol. The minimum absolute atomic E-state index is 0.234. The van der Waals surface area contributed by atoms with Gasteiger partial charge in [0.25, 0.3) is 0 Å². The third-order valence-corrected chi connectivity index (χ3v) is 7.71. The van der Waals surface area contributed by atoms with Crippen molar-refractivity contribution in [1.29, 1.82) is 0 Å². The number of ether oxygens (including phenoxy) is 1. The van der Waals surface area contributed by atoms with E-state index in [4.69, 9.17) is 0 Å². The van der Waals surface area contributed by atoms with Crippen molar-refractivity contribution in [3.05, 3.63) is 90.3 Å². The van der Waals surface area contributed by atoms with Crippen molar-refractivity contribution < 1.29 is 22.7 Å². The summed E-state index contributed by atoms with van der Waals surface area (Å²) in [5.74, 6) is 1.04. The molecule has 1 aliphatic rings. The molecule has 0 radical (unpaired) electrons. The number of hydrogen-bond donors (Lipinski definition) is 1. The molecule has 1 aliphatic heterocycles. The Labute approximate surface area is 245 Å². The van der Waals surface area contributed by atoms with Crippen molar-refractivity contribution in [1.82, 2.24) is 20.1 Å². The monoisotopic (exact) mass is 594 g/mol. The van der Waals surface area contributed by atoms with E-state index in [2.05, 4.69) is 56.0 Å². The maximum atomic E-state index is 12.8. The van der Waals surface area contributed by atoms with Gasteiger partial charge in [0.1, 0.15) is 12.1 Å². The Morgan fingerprint density at radius 2 is 1.83 bits per heavy atom. The van der Waals surface area contributed by atoms with Crippen LogP contribution in [-0.2, 0) is 13.0 Å². The first-order chi connectivity index (χ1) is 20.2. The summed E-state index contributed by atoms with van der Waals surface area (Å²) < 4.78 is 42.6. The van der Waals surface area contributed by atoms with E-state index in [1.54, 1.807) is 11.8 Å². The number of urea groups is 1. The van der Waals surface area contributed by atoms with Crippen molar-refractivity contribution >= 4 is 28.6 Å². The maximum Gasteiger partial charge on any atom is 0.573 e. The Kier molecular flexibility index (Phi) is 8.81. The van der Waals surface area contributed by atoms with E-state index in [0.717, 1.165) is 35.4 Å². The molecule has 0 saturated carbocycles. The number of rotatable bonds is 7. The average molecular weight is 595 g/mol. The number of amides is 2. The van der Waals surface area contributed by atoms with Crippen LogP contribution in [0, 0.1) is 0 Å². The van der Waals surface area contributed by atoms with Gasteiger partial charge in [0.2, 0.25) is 0 Å². The molecule has 42 heavy (non-hydrogen) atoms. The molecule has 12 heteroatoms. The molecule has 1 fully saturated rings. The van der Waals surface area contributed by atoms with Crippen LogP contribution in [0.5, 0.6) is 5.75 Å². The smallest absolute Gasteiger partial charge is 0.406 e. The van der Waals surface area contributed by atoms with Crippen molar-refractivity contribution in [2.75, 3.05) is 10.7 Å². The van der Waals surface area contributed by atoms with Crippen LogP contribution in [0.15, 0.2) is 84.1 Å². The van der Waals surface area contributed by atoms with Gasteiger partial charge in [-0.25, -0.2) is 14.5 Å². The van der Waals surface area contributed by atoms with Gasteiger partial charge in [0.15, 0.2) is 11.0 Å². The minimum Gasteiger partial charge on any atom is -0.406 e. The Morgan fingerprint density at radius 1 is 1.10 bits per heavy atom. The van der Waals surface area contributed by atoms with E-state index in [-0.39, 0.29) is 11.8 Å². The van der Waals surface area contributed by atoms with Gasteiger partial charge in [0.05, 0.1) is 5.69 Å². The number of alkyl halides is 3. The third kappa shape index (κ3) is 7.11. The second kappa shape index (κ2) is 12.7. The highest BCUT2D eigenvalue weighted by Gasteiger charge is 2.31. The number of carbonyl (C=O) groups is 1. The second-order valence-corrected chi connectivity index (χ2v) is 10.7. The Balaban J connectivity index is 1.21. The van der Waals surface area contributed by atoms with Crippen LogP contribution >= 0.6 is 11.8 Å². The van der Waals surface area contributed by atoms with E-state index < -0.39 is 12.4 Å². The maximum absolute atomic E-state index is 12.8. The van der Waals surface area contributed by atoms with Gasteiger partial charge < -0.3 is 15.0 Å². The first-order valence-electron chi connectivity index (χ1n) is 13.4. The number of nitrogens with zero attached hydrogens (tertiary/aromatic N) is 5. The first-order valence-corrected chi connectivity index (χ1v) is 14.4. The molecular weight excluding hydrogens is 565 g/mol. The zero-order chi connectivity index (χ0) is 29.7. The Hall–Kier alpha value is -4.32. The molecule has 0 bridgehead atoms. The van der Waals surface area contributed by atoms with E-state index in [9.17, 15) is 18.0 Å². The van der Waals surface area contributed by atoms with Gasteiger partial charge in [-0.05, 0) is 61.2 Å². The minimum atomic E-state index is -4.75. The molecule has 1 atom stereocenters. The molecule has 1 unspecified atom stereocenters. The fourth-order valence-electron chi connectivity index (χ4n) is 4.58. The van der Waals surface area contributed by atoms with E-state index in [1.807, 2.05) is 36.4 Å². The lowest BCUT2D eigenvalue weighted by molar-refractivity contribution is -0.274. The summed E-state index contributed by atoms with van der Waals surface area (Å²) in [4.78, 5) is 23.7. The number of nitrogens with one attached hydrogen (secondary N) is 1. The highest BCUT2D eigenvalue weighted by Crippen LogP contribution is 2.32. The van der Waals surface area contributed by atoms with Crippen LogP contribution < -0.4 is 15.0 Å². The SMILES string of the molecule is CCc1ccccc1N1C(=NC(=O)NCc2ccc(-c3ncn(-c4ccc(OC(F)(F)F)cc4)n3)cc2)SCCC1C. The largest absolute Gasteiger partial charge is 0.573 e. The van der Waals surface area contributed by atoms with Crippen LogP contribution in [0.1, 0.15) is 31.4 Å². The quantitative estimate of drug-likeness (QED) is 0.248. The topological polar surface area (TPSA) is 84.6 Å². The second-order valence-electron chi connectivity index (χ2n) is 9.64. The fourth-order valence-corrected chi connectivity index (χ4v) is 5.78. The lowest BCUT2D eigenvalue weighted by Gasteiger charge is -2.36. The van der Waals surface area contributed by atoms with Crippen molar-refractivity contribution in [3.8, 4) is 22.8 Å². The van der Waals surface area contributed by atoms with E-state index in [1.165, 1.54) is 40.8 Å². The predicted octanol–water partition coefficient (Wildman–Crippen LogP) is 6.99. The standard InChI is InChI=1S/C30H29F3N6O2S/c1-3-22-6-4-5-7-26(22)39-20(2)16-17-42-29(39)36-28(40)34-18-21-8-10-23(11-9-21)27-35-19-38(37-27)24-12-14-25(15-13-24)41-30(31,32)33/h4-15,19-20H,3,16-18H2,1-2H3,(H,34,40). The normalized spacial score (nSPS) is 16.5. The number of para-hydroxylation sites is 1. The average Bonchev–Trinajstić information content (AvgIpc) is 3.47. The van der Waals surface area contributed by atoms with E-state index >= 15 is 0 Å². The first kappa shape index (κ1) is 29.2. The molecule has 1 aromatic heterocycles. The Bertz CT molecular complexity index is 1550. The molecule has 218 valence electrons.